The van der Waals surface area contributed by atoms with Crippen LogP contribution in [0.4, 0.5) is 5.69 Å². The Balaban J connectivity index is 1.62. The number of hydrogen-bond donors (Lipinski definition) is 0. The minimum absolute atomic E-state index is 0.0344. The van der Waals surface area contributed by atoms with E-state index in [4.69, 9.17) is 0 Å². The Kier molecular flexibility index (Phi) is 5.67. The van der Waals surface area contributed by atoms with Gasteiger partial charge in [-0.25, -0.2) is 4.98 Å². The smallest absolute Gasteiger partial charge is 0.294 e. The summed E-state index contributed by atoms with van der Waals surface area (Å²) in [7, 11) is 1.76. The molecule has 0 radical (unpaired) electrons. The summed E-state index contributed by atoms with van der Waals surface area (Å²) in [5.74, 6) is 0.170. The summed E-state index contributed by atoms with van der Waals surface area (Å²) in [6, 6.07) is 9.54. The zero-order valence-electron chi connectivity index (χ0n) is 17.3. The molecule has 0 unspecified atom stereocenters. The van der Waals surface area contributed by atoms with Crippen LogP contribution in [0, 0.1) is 0 Å². The molecule has 2 aliphatic rings. The Labute approximate surface area is 171 Å². The monoisotopic (exact) mass is 395 g/mol. The molecular formula is C22H29N5O2. The van der Waals surface area contributed by atoms with Gasteiger partial charge < -0.3 is 19.3 Å². The van der Waals surface area contributed by atoms with E-state index in [2.05, 4.69) is 16.8 Å². The highest BCUT2D eigenvalue weighted by Crippen LogP contribution is 2.24. The van der Waals surface area contributed by atoms with Crippen molar-refractivity contribution in [1.29, 1.82) is 0 Å². The molecule has 0 atom stereocenters. The first-order valence-electron chi connectivity index (χ1n) is 10.5. The molecule has 1 aromatic carbocycles. The number of anilines is 1. The average Bonchev–Trinajstić information content (AvgIpc) is 3.18. The largest absolute Gasteiger partial charge is 0.335 e. The summed E-state index contributed by atoms with van der Waals surface area (Å²) in [6.45, 7) is 7.10. The van der Waals surface area contributed by atoms with E-state index in [0.29, 0.717) is 24.6 Å². The van der Waals surface area contributed by atoms with Crippen LogP contribution in [0.2, 0.25) is 0 Å². The van der Waals surface area contributed by atoms with E-state index >= 15 is 0 Å². The molecule has 0 N–H and O–H groups in total. The highest BCUT2D eigenvalue weighted by atomic mass is 16.2. The SMILES string of the molecule is CCN1CCN(C(=O)c2nc(C(=O)N(C)c3ccccc3)n3c2CCCC3)CC1. The molecule has 0 saturated carbocycles. The van der Waals surface area contributed by atoms with Crippen molar-refractivity contribution in [3.05, 3.63) is 47.5 Å². The number of piperazine rings is 1. The summed E-state index contributed by atoms with van der Waals surface area (Å²) in [5.41, 5.74) is 2.21. The molecule has 154 valence electrons. The highest BCUT2D eigenvalue weighted by molar-refractivity contribution is 6.05. The van der Waals surface area contributed by atoms with Crippen molar-refractivity contribution in [2.45, 2.75) is 32.7 Å². The van der Waals surface area contributed by atoms with E-state index < -0.39 is 0 Å². The Morgan fingerprint density at radius 3 is 2.45 bits per heavy atom. The number of fused-ring (bicyclic) bond motifs is 1. The minimum atomic E-state index is -0.172. The van der Waals surface area contributed by atoms with Crippen LogP contribution in [0.5, 0.6) is 0 Å². The fourth-order valence-electron chi connectivity index (χ4n) is 4.21. The number of benzene rings is 1. The second-order valence-electron chi connectivity index (χ2n) is 7.77. The van der Waals surface area contributed by atoms with Gasteiger partial charge in [0.15, 0.2) is 0 Å². The standard InChI is InChI=1S/C22H29N5O2/c1-3-25-13-15-26(16-14-25)21(28)19-18-11-7-8-12-27(18)20(23-19)22(29)24(2)17-9-5-4-6-10-17/h4-6,9-10H,3,7-8,11-16H2,1-2H3. The maximum absolute atomic E-state index is 13.2. The van der Waals surface area contributed by atoms with Crippen molar-refractivity contribution in [3.63, 3.8) is 0 Å². The first-order chi connectivity index (χ1) is 14.1. The van der Waals surface area contributed by atoms with Gasteiger partial charge in [0.1, 0.15) is 5.69 Å². The zero-order valence-corrected chi connectivity index (χ0v) is 17.3. The third-order valence-electron chi connectivity index (χ3n) is 6.07. The lowest BCUT2D eigenvalue weighted by atomic mass is 10.1. The van der Waals surface area contributed by atoms with Crippen LogP contribution in [0.15, 0.2) is 30.3 Å². The molecule has 1 saturated heterocycles. The van der Waals surface area contributed by atoms with E-state index in [1.54, 1.807) is 11.9 Å². The quantitative estimate of drug-likeness (QED) is 0.797. The molecule has 0 spiro atoms. The summed E-state index contributed by atoms with van der Waals surface area (Å²) < 4.78 is 1.97. The number of aromatic nitrogens is 2. The molecular weight excluding hydrogens is 366 g/mol. The Morgan fingerprint density at radius 2 is 1.76 bits per heavy atom. The molecule has 7 nitrogen and oxygen atoms in total. The fraction of sp³-hybridized carbons (Fsp3) is 0.500. The van der Waals surface area contributed by atoms with E-state index in [1.165, 1.54) is 0 Å². The van der Waals surface area contributed by atoms with Crippen molar-refractivity contribution in [2.75, 3.05) is 44.7 Å². The van der Waals surface area contributed by atoms with E-state index in [-0.39, 0.29) is 11.8 Å². The second kappa shape index (κ2) is 8.37. The fourth-order valence-corrected chi connectivity index (χ4v) is 4.21. The molecule has 0 aliphatic carbocycles. The average molecular weight is 396 g/mol. The summed E-state index contributed by atoms with van der Waals surface area (Å²) in [5, 5.41) is 0. The Hall–Kier alpha value is -2.67. The number of nitrogens with zero attached hydrogens (tertiary/aromatic N) is 5. The van der Waals surface area contributed by atoms with Crippen molar-refractivity contribution < 1.29 is 9.59 Å². The topological polar surface area (TPSA) is 61.7 Å². The van der Waals surface area contributed by atoms with Crippen LogP contribution >= 0.6 is 0 Å². The van der Waals surface area contributed by atoms with Crippen LogP contribution in [0.25, 0.3) is 0 Å². The van der Waals surface area contributed by atoms with Crippen LogP contribution in [0.1, 0.15) is 46.6 Å². The first-order valence-corrected chi connectivity index (χ1v) is 10.5. The number of carbonyl (C=O) groups is 2. The summed E-state index contributed by atoms with van der Waals surface area (Å²) in [6.07, 6.45) is 2.82. The van der Waals surface area contributed by atoms with Crippen LogP contribution in [-0.2, 0) is 13.0 Å². The summed E-state index contributed by atoms with van der Waals surface area (Å²) in [4.78, 5) is 36.9. The number of imidazole rings is 1. The van der Waals surface area contributed by atoms with Crippen molar-refractivity contribution in [3.8, 4) is 0 Å². The molecule has 29 heavy (non-hydrogen) atoms. The lowest BCUT2D eigenvalue weighted by molar-refractivity contribution is 0.0636. The minimum Gasteiger partial charge on any atom is -0.335 e. The van der Waals surface area contributed by atoms with Gasteiger partial charge in [-0.15, -0.1) is 0 Å². The van der Waals surface area contributed by atoms with Crippen LogP contribution < -0.4 is 4.90 Å². The van der Waals surface area contributed by atoms with E-state index in [0.717, 1.165) is 56.8 Å². The van der Waals surface area contributed by atoms with Gasteiger partial charge in [0, 0.05) is 45.5 Å². The molecule has 1 fully saturated rings. The lowest BCUT2D eigenvalue weighted by Gasteiger charge is -2.33. The van der Waals surface area contributed by atoms with Crippen molar-refractivity contribution in [2.24, 2.45) is 0 Å². The zero-order chi connectivity index (χ0) is 20.4. The van der Waals surface area contributed by atoms with Gasteiger partial charge in [-0.3, -0.25) is 9.59 Å². The summed E-state index contributed by atoms with van der Waals surface area (Å²) >= 11 is 0. The van der Waals surface area contributed by atoms with Gasteiger partial charge >= 0.3 is 0 Å². The normalized spacial score (nSPS) is 17.1. The molecule has 3 heterocycles. The molecule has 2 aliphatic heterocycles. The van der Waals surface area contributed by atoms with Crippen LogP contribution in [0.3, 0.4) is 0 Å². The Morgan fingerprint density at radius 1 is 1.03 bits per heavy atom. The number of hydrogen-bond acceptors (Lipinski definition) is 4. The maximum Gasteiger partial charge on any atom is 0.294 e. The van der Waals surface area contributed by atoms with Crippen LogP contribution in [-0.4, -0.2) is 70.9 Å². The van der Waals surface area contributed by atoms with Gasteiger partial charge in [0.25, 0.3) is 11.8 Å². The van der Waals surface area contributed by atoms with Gasteiger partial charge in [-0.1, -0.05) is 25.1 Å². The van der Waals surface area contributed by atoms with E-state index in [1.807, 2.05) is 39.8 Å². The molecule has 0 bridgehead atoms. The van der Waals surface area contributed by atoms with Gasteiger partial charge in [-0.2, -0.15) is 0 Å². The molecule has 7 heteroatoms. The third kappa shape index (κ3) is 3.79. The first kappa shape index (κ1) is 19.6. The highest BCUT2D eigenvalue weighted by Gasteiger charge is 2.32. The second-order valence-corrected chi connectivity index (χ2v) is 7.77. The number of carbonyl (C=O) groups excluding carboxylic acids is 2. The lowest BCUT2D eigenvalue weighted by Crippen LogP contribution is -2.48. The molecule has 2 aromatic rings. The number of likely N-dealkylation sites (N-methyl/N-ethyl adjacent to an activating group) is 1. The number of amides is 2. The third-order valence-corrected chi connectivity index (χ3v) is 6.07. The van der Waals surface area contributed by atoms with Gasteiger partial charge in [-0.05, 0) is 37.9 Å². The number of para-hydroxylation sites is 1. The van der Waals surface area contributed by atoms with E-state index in [9.17, 15) is 9.59 Å². The maximum atomic E-state index is 13.2. The molecule has 4 rings (SSSR count). The van der Waals surface area contributed by atoms with Gasteiger partial charge in [0.2, 0.25) is 5.82 Å². The predicted molar refractivity (Wildman–Crippen MR) is 112 cm³/mol. The predicted octanol–water partition coefficient (Wildman–Crippen LogP) is 2.27. The molecule has 2 amide bonds. The van der Waals surface area contributed by atoms with Gasteiger partial charge in [0.05, 0.1) is 5.69 Å². The van der Waals surface area contributed by atoms with Crippen molar-refractivity contribution in [1.82, 2.24) is 19.4 Å². The van der Waals surface area contributed by atoms with Crippen molar-refractivity contribution >= 4 is 17.5 Å². The Bertz CT molecular complexity index is 884. The molecule has 1 aromatic heterocycles. The number of rotatable bonds is 4.